The van der Waals surface area contributed by atoms with Crippen molar-refractivity contribution < 1.29 is 9.53 Å². The molecule has 2 rings (SSSR count). The molecule has 1 heterocycles. The first-order chi connectivity index (χ1) is 10.8. The van der Waals surface area contributed by atoms with Crippen molar-refractivity contribution in [1.82, 2.24) is 10.3 Å². The SMILES string of the molecule is CC(NCc1cc[nH]c1)c1ccc(NC(=O)OC(C)(C)C)cc1. The van der Waals surface area contributed by atoms with Gasteiger partial charge in [0, 0.05) is 30.7 Å². The van der Waals surface area contributed by atoms with Gasteiger partial charge in [-0.05, 0) is 57.0 Å². The monoisotopic (exact) mass is 315 g/mol. The predicted molar refractivity (Wildman–Crippen MR) is 92.3 cm³/mol. The van der Waals surface area contributed by atoms with E-state index >= 15 is 0 Å². The average Bonchev–Trinajstić information content (AvgIpc) is 2.96. The molecule has 0 spiro atoms. The second kappa shape index (κ2) is 7.33. The van der Waals surface area contributed by atoms with Crippen LogP contribution in [-0.2, 0) is 11.3 Å². The number of nitrogens with one attached hydrogen (secondary N) is 3. The summed E-state index contributed by atoms with van der Waals surface area (Å²) in [7, 11) is 0. The lowest BCUT2D eigenvalue weighted by Gasteiger charge is -2.20. The van der Waals surface area contributed by atoms with Crippen molar-refractivity contribution in [2.24, 2.45) is 0 Å². The van der Waals surface area contributed by atoms with E-state index < -0.39 is 11.7 Å². The van der Waals surface area contributed by atoms with Crippen molar-refractivity contribution in [2.45, 2.75) is 45.9 Å². The number of rotatable bonds is 5. The molecule has 2 aromatic rings. The highest BCUT2D eigenvalue weighted by molar-refractivity contribution is 5.84. The Bertz CT molecular complexity index is 613. The first-order valence-electron chi connectivity index (χ1n) is 7.78. The lowest BCUT2D eigenvalue weighted by molar-refractivity contribution is 0.0636. The summed E-state index contributed by atoms with van der Waals surface area (Å²) in [6.45, 7) is 8.44. The van der Waals surface area contributed by atoms with Crippen LogP contribution in [0.2, 0.25) is 0 Å². The maximum Gasteiger partial charge on any atom is 0.412 e. The van der Waals surface area contributed by atoms with Crippen LogP contribution >= 0.6 is 0 Å². The van der Waals surface area contributed by atoms with E-state index in [1.807, 2.05) is 63.5 Å². The van der Waals surface area contributed by atoms with Crippen molar-refractivity contribution >= 4 is 11.8 Å². The van der Waals surface area contributed by atoms with Gasteiger partial charge in [0.25, 0.3) is 0 Å². The van der Waals surface area contributed by atoms with Gasteiger partial charge in [0.05, 0.1) is 0 Å². The zero-order valence-corrected chi connectivity index (χ0v) is 14.1. The van der Waals surface area contributed by atoms with E-state index in [2.05, 4.69) is 22.5 Å². The van der Waals surface area contributed by atoms with Gasteiger partial charge >= 0.3 is 6.09 Å². The van der Waals surface area contributed by atoms with Crippen molar-refractivity contribution in [3.63, 3.8) is 0 Å². The zero-order chi connectivity index (χ0) is 16.9. The van der Waals surface area contributed by atoms with Gasteiger partial charge in [0.15, 0.2) is 0 Å². The number of carbonyl (C=O) groups is 1. The van der Waals surface area contributed by atoms with Crippen LogP contribution in [0.4, 0.5) is 10.5 Å². The minimum Gasteiger partial charge on any atom is -0.444 e. The fraction of sp³-hybridized carbons (Fsp3) is 0.389. The molecule has 0 fully saturated rings. The summed E-state index contributed by atoms with van der Waals surface area (Å²) in [6.07, 6.45) is 3.45. The van der Waals surface area contributed by atoms with E-state index in [0.29, 0.717) is 0 Å². The molecule has 0 aliphatic carbocycles. The van der Waals surface area contributed by atoms with Crippen LogP contribution < -0.4 is 10.6 Å². The number of aromatic amines is 1. The van der Waals surface area contributed by atoms with E-state index in [0.717, 1.165) is 17.8 Å². The van der Waals surface area contributed by atoms with Crippen LogP contribution in [0.25, 0.3) is 0 Å². The fourth-order valence-electron chi connectivity index (χ4n) is 2.13. The van der Waals surface area contributed by atoms with E-state index in [1.54, 1.807) is 0 Å². The third-order valence-corrected chi connectivity index (χ3v) is 3.33. The normalized spacial score (nSPS) is 12.7. The fourth-order valence-corrected chi connectivity index (χ4v) is 2.13. The molecule has 5 nitrogen and oxygen atoms in total. The highest BCUT2D eigenvalue weighted by atomic mass is 16.6. The second-order valence-corrected chi connectivity index (χ2v) is 6.57. The second-order valence-electron chi connectivity index (χ2n) is 6.57. The summed E-state index contributed by atoms with van der Waals surface area (Å²) < 4.78 is 5.23. The van der Waals surface area contributed by atoms with Crippen molar-refractivity contribution in [3.8, 4) is 0 Å². The molecule has 0 aliphatic heterocycles. The van der Waals surface area contributed by atoms with Crippen LogP contribution in [0.3, 0.4) is 0 Å². The largest absolute Gasteiger partial charge is 0.444 e. The quantitative estimate of drug-likeness (QED) is 0.774. The van der Waals surface area contributed by atoms with Crippen LogP contribution in [0.1, 0.15) is 44.9 Å². The lowest BCUT2D eigenvalue weighted by Crippen LogP contribution is -2.27. The minimum atomic E-state index is -0.499. The molecule has 1 unspecified atom stereocenters. The summed E-state index contributed by atoms with van der Waals surface area (Å²) in [4.78, 5) is 14.8. The Hall–Kier alpha value is -2.27. The molecule has 0 bridgehead atoms. The molecule has 0 radical (unpaired) electrons. The molecule has 1 aromatic carbocycles. The summed E-state index contributed by atoms with van der Waals surface area (Å²) in [5.74, 6) is 0. The van der Waals surface area contributed by atoms with Crippen molar-refractivity contribution in [2.75, 3.05) is 5.32 Å². The van der Waals surface area contributed by atoms with Gasteiger partial charge < -0.3 is 15.0 Å². The van der Waals surface area contributed by atoms with Gasteiger partial charge in [0.1, 0.15) is 5.60 Å². The van der Waals surface area contributed by atoms with Gasteiger partial charge in [-0.2, -0.15) is 0 Å². The zero-order valence-electron chi connectivity index (χ0n) is 14.1. The minimum absolute atomic E-state index is 0.223. The number of carbonyl (C=O) groups excluding carboxylic acids is 1. The van der Waals surface area contributed by atoms with Crippen LogP contribution in [0.5, 0.6) is 0 Å². The van der Waals surface area contributed by atoms with E-state index in [1.165, 1.54) is 5.56 Å². The first-order valence-corrected chi connectivity index (χ1v) is 7.78. The number of hydrogen-bond donors (Lipinski definition) is 3. The highest BCUT2D eigenvalue weighted by Crippen LogP contribution is 2.17. The van der Waals surface area contributed by atoms with Gasteiger partial charge in [-0.25, -0.2) is 4.79 Å². The molecule has 0 saturated carbocycles. The summed E-state index contributed by atoms with van der Waals surface area (Å²) >= 11 is 0. The number of benzene rings is 1. The number of amides is 1. The first kappa shape index (κ1) is 17.1. The Balaban J connectivity index is 1.87. The molecule has 1 amide bonds. The Labute approximate surface area is 137 Å². The van der Waals surface area contributed by atoms with Gasteiger partial charge in [0.2, 0.25) is 0 Å². The molecule has 1 aromatic heterocycles. The number of anilines is 1. The third-order valence-electron chi connectivity index (χ3n) is 3.33. The third kappa shape index (κ3) is 5.79. The molecule has 1 atom stereocenters. The van der Waals surface area contributed by atoms with Crippen molar-refractivity contribution in [3.05, 3.63) is 53.9 Å². The molecule has 23 heavy (non-hydrogen) atoms. The Kier molecular flexibility index (Phi) is 5.45. The van der Waals surface area contributed by atoms with E-state index in [4.69, 9.17) is 4.74 Å². The molecular formula is C18H25N3O2. The summed E-state index contributed by atoms with van der Waals surface area (Å²) in [6, 6.07) is 10.0. The van der Waals surface area contributed by atoms with Crippen LogP contribution in [-0.4, -0.2) is 16.7 Å². The van der Waals surface area contributed by atoms with E-state index in [-0.39, 0.29) is 6.04 Å². The van der Waals surface area contributed by atoms with Gasteiger partial charge in [-0.3, -0.25) is 5.32 Å². The maximum absolute atomic E-state index is 11.7. The number of hydrogen-bond acceptors (Lipinski definition) is 3. The summed E-state index contributed by atoms with van der Waals surface area (Å²) in [5.41, 5.74) is 2.61. The molecular weight excluding hydrogens is 290 g/mol. The molecule has 5 heteroatoms. The smallest absolute Gasteiger partial charge is 0.412 e. The average molecular weight is 315 g/mol. The van der Waals surface area contributed by atoms with Crippen LogP contribution in [0.15, 0.2) is 42.7 Å². The lowest BCUT2D eigenvalue weighted by atomic mass is 10.1. The van der Waals surface area contributed by atoms with Gasteiger partial charge in [-0.15, -0.1) is 0 Å². The Morgan fingerprint density at radius 3 is 2.48 bits per heavy atom. The summed E-state index contributed by atoms with van der Waals surface area (Å²) in [5, 5.41) is 6.19. The highest BCUT2D eigenvalue weighted by Gasteiger charge is 2.16. The Morgan fingerprint density at radius 2 is 1.91 bits per heavy atom. The number of H-pyrrole nitrogens is 1. The van der Waals surface area contributed by atoms with E-state index in [9.17, 15) is 4.79 Å². The van der Waals surface area contributed by atoms with Crippen molar-refractivity contribution in [1.29, 1.82) is 0 Å². The number of ether oxygens (including phenoxy) is 1. The topological polar surface area (TPSA) is 66.2 Å². The molecule has 3 N–H and O–H groups in total. The molecule has 0 aliphatic rings. The number of aromatic nitrogens is 1. The Morgan fingerprint density at radius 1 is 1.22 bits per heavy atom. The van der Waals surface area contributed by atoms with Gasteiger partial charge in [-0.1, -0.05) is 12.1 Å². The standard InChI is InChI=1S/C18H25N3O2/c1-13(20-12-14-9-10-19-11-14)15-5-7-16(8-6-15)21-17(22)23-18(2,3)4/h5-11,13,19-20H,12H2,1-4H3,(H,21,22). The molecule has 124 valence electrons. The van der Waals surface area contributed by atoms with Crippen LogP contribution in [0, 0.1) is 0 Å². The predicted octanol–water partition coefficient (Wildman–Crippen LogP) is 4.21. The maximum atomic E-state index is 11.7. The molecule has 0 saturated heterocycles.